The maximum absolute atomic E-state index is 5.48. The lowest BCUT2D eigenvalue weighted by Gasteiger charge is -2.07. The fourth-order valence-corrected chi connectivity index (χ4v) is 4.56. The van der Waals surface area contributed by atoms with Crippen molar-refractivity contribution in [2.45, 2.75) is 122 Å². The Labute approximate surface area is 200 Å². The molecule has 0 bridgehead atoms. The van der Waals surface area contributed by atoms with Crippen LogP contribution in [-0.4, -0.2) is 45.0 Å². The maximum Gasteiger partial charge on any atom is 0.00786 e. The Bertz CT molecular complexity index is 277. The van der Waals surface area contributed by atoms with Gasteiger partial charge < -0.3 is 16.4 Å². The zero-order valence-corrected chi connectivity index (χ0v) is 22.0. The topological polar surface area (TPSA) is 62.1 Å². The van der Waals surface area contributed by atoms with E-state index >= 15 is 0 Å². The number of rotatable bonds is 28. The van der Waals surface area contributed by atoms with Gasteiger partial charge in [-0.1, -0.05) is 102 Å². The summed E-state index contributed by atoms with van der Waals surface area (Å²) in [6, 6.07) is 0. The van der Waals surface area contributed by atoms with E-state index in [4.69, 9.17) is 5.73 Å². The van der Waals surface area contributed by atoms with E-state index in [9.17, 15) is 0 Å². The molecular formula is C26H58N4S. The standard InChI is InChI=1S/C26H58N4S/c1-2-3-4-5-6-7-8-9-10-11-12-13-14-17-26-31-30-25-19-24-29-22-16-15-21-28-23-18-20-27/h28-30H,2-27H2,1H3. The van der Waals surface area contributed by atoms with Gasteiger partial charge in [0.15, 0.2) is 0 Å². The summed E-state index contributed by atoms with van der Waals surface area (Å²) >= 11 is 1.92. The molecule has 0 aliphatic rings. The molecule has 0 aromatic rings. The second-order valence-corrected chi connectivity index (χ2v) is 10.0. The van der Waals surface area contributed by atoms with Crippen LogP contribution in [0.3, 0.4) is 0 Å². The lowest BCUT2D eigenvalue weighted by molar-refractivity contribution is 0.538. The molecule has 5 heteroatoms. The van der Waals surface area contributed by atoms with E-state index in [1.54, 1.807) is 0 Å². The van der Waals surface area contributed by atoms with Gasteiger partial charge in [0.05, 0.1) is 0 Å². The summed E-state index contributed by atoms with van der Waals surface area (Å²) in [4.78, 5) is 0. The summed E-state index contributed by atoms with van der Waals surface area (Å²) in [5, 5.41) is 6.98. The fraction of sp³-hybridized carbons (Fsp3) is 1.00. The highest BCUT2D eigenvalue weighted by Crippen LogP contribution is 2.13. The summed E-state index contributed by atoms with van der Waals surface area (Å²) in [7, 11) is 0. The summed E-state index contributed by atoms with van der Waals surface area (Å²) in [6.45, 7) is 8.67. The highest BCUT2D eigenvalue weighted by molar-refractivity contribution is 7.97. The van der Waals surface area contributed by atoms with Gasteiger partial charge in [-0.25, -0.2) is 0 Å². The molecule has 188 valence electrons. The van der Waals surface area contributed by atoms with E-state index in [1.165, 1.54) is 115 Å². The minimum Gasteiger partial charge on any atom is -0.330 e. The molecule has 0 aromatic carbocycles. The van der Waals surface area contributed by atoms with Gasteiger partial charge in [-0.05, 0) is 64.8 Å². The highest BCUT2D eigenvalue weighted by atomic mass is 32.2. The maximum atomic E-state index is 5.48. The van der Waals surface area contributed by atoms with Crippen LogP contribution in [0.25, 0.3) is 0 Å². The number of hydrogen-bond donors (Lipinski definition) is 4. The molecule has 0 atom stereocenters. The fourth-order valence-electron chi connectivity index (χ4n) is 3.78. The van der Waals surface area contributed by atoms with Gasteiger partial charge in [0.25, 0.3) is 0 Å². The SMILES string of the molecule is CCCCCCCCCCCCCCCCSNCCCNCCCCNCCCN. The Morgan fingerprint density at radius 2 is 0.935 bits per heavy atom. The van der Waals surface area contributed by atoms with E-state index < -0.39 is 0 Å². The molecule has 0 aliphatic heterocycles. The molecule has 5 N–H and O–H groups in total. The molecule has 0 saturated carbocycles. The molecule has 0 aromatic heterocycles. The molecule has 31 heavy (non-hydrogen) atoms. The highest BCUT2D eigenvalue weighted by Gasteiger charge is 1.95. The number of hydrogen-bond acceptors (Lipinski definition) is 5. The predicted molar refractivity (Wildman–Crippen MR) is 144 cm³/mol. The molecule has 0 aliphatic carbocycles. The summed E-state index contributed by atoms with van der Waals surface area (Å²) in [5.74, 6) is 1.27. The molecule has 0 unspecified atom stereocenters. The second kappa shape index (κ2) is 30.2. The van der Waals surface area contributed by atoms with Gasteiger partial charge in [0.1, 0.15) is 0 Å². The van der Waals surface area contributed by atoms with Crippen molar-refractivity contribution in [3.63, 3.8) is 0 Å². The minimum atomic E-state index is 0.792. The Kier molecular flexibility index (Phi) is 30.4. The van der Waals surface area contributed by atoms with Gasteiger partial charge >= 0.3 is 0 Å². The molecule has 0 rings (SSSR count). The number of nitrogens with one attached hydrogen (secondary N) is 3. The summed E-state index contributed by atoms with van der Waals surface area (Å²) in [6.07, 6.45) is 25.0. The van der Waals surface area contributed by atoms with Crippen LogP contribution >= 0.6 is 11.9 Å². The van der Waals surface area contributed by atoms with E-state index in [1.807, 2.05) is 11.9 Å². The van der Waals surface area contributed by atoms with Gasteiger partial charge in [0, 0.05) is 12.3 Å². The monoisotopic (exact) mass is 458 g/mol. The third-order valence-electron chi connectivity index (χ3n) is 5.85. The van der Waals surface area contributed by atoms with Crippen LogP contribution in [0.5, 0.6) is 0 Å². The zero-order valence-electron chi connectivity index (χ0n) is 21.2. The van der Waals surface area contributed by atoms with Gasteiger partial charge in [-0.2, -0.15) is 0 Å². The molecule has 0 saturated heterocycles. The van der Waals surface area contributed by atoms with Crippen LogP contribution in [0, 0.1) is 0 Å². The van der Waals surface area contributed by atoms with E-state index in [0.29, 0.717) is 0 Å². The second-order valence-electron chi connectivity index (χ2n) is 9.04. The summed E-state index contributed by atoms with van der Waals surface area (Å²) < 4.78 is 3.52. The molecular weight excluding hydrogens is 400 g/mol. The molecule has 4 nitrogen and oxygen atoms in total. The lowest BCUT2D eigenvalue weighted by Crippen LogP contribution is -2.22. The van der Waals surface area contributed by atoms with Gasteiger partial charge in [0.2, 0.25) is 0 Å². The zero-order chi connectivity index (χ0) is 22.5. The third kappa shape index (κ3) is 30.2. The van der Waals surface area contributed by atoms with Crippen molar-refractivity contribution in [2.75, 3.05) is 45.0 Å². The minimum absolute atomic E-state index is 0.792. The van der Waals surface area contributed by atoms with Gasteiger partial charge in [-0.15, -0.1) is 0 Å². The third-order valence-corrected chi connectivity index (χ3v) is 6.75. The van der Waals surface area contributed by atoms with Crippen LogP contribution in [0.15, 0.2) is 0 Å². The van der Waals surface area contributed by atoms with Crippen molar-refractivity contribution in [1.29, 1.82) is 0 Å². The van der Waals surface area contributed by atoms with E-state index in [-0.39, 0.29) is 0 Å². The van der Waals surface area contributed by atoms with Crippen molar-refractivity contribution in [2.24, 2.45) is 5.73 Å². The molecule has 0 fully saturated rings. The van der Waals surface area contributed by atoms with Crippen molar-refractivity contribution >= 4 is 11.9 Å². The van der Waals surface area contributed by atoms with Crippen LogP contribution in [0.4, 0.5) is 0 Å². The van der Waals surface area contributed by atoms with Crippen LogP contribution < -0.4 is 21.1 Å². The van der Waals surface area contributed by atoms with Crippen molar-refractivity contribution in [3.8, 4) is 0 Å². The average molecular weight is 459 g/mol. The van der Waals surface area contributed by atoms with E-state index in [2.05, 4.69) is 22.3 Å². The van der Waals surface area contributed by atoms with Crippen LogP contribution in [-0.2, 0) is 0 Å². The van der Waals surface area contributed by atoms with Crippen LogP contribution in [0.2, 0.25) is 0 Å². The Morgan fingerprint density at radius 1 is 0.484 bits per heavy atom. The quantitative estimate of drug-likeness (QED) is 0.0806. The first-order chi connectivity index (χ1) is 15.4. The van der Waals surface area contributed by atoms with E-state index in [0.717, 1.165) is 45.7 Å². The number of nitrogens with two attached hydrogens (primary N) is 1. The number of unbranched alkanes of at least 4 members (excludes halogenated alkanes) is 14. The molecule has 0 radical (unpaired) electrons. The van der Waals surface area contributed by atoms with Crippen molar-refractivity contribution in [1.82, 2.24) is 15.4 Å². The first kappa shape index (κ1) is 31.2. The Hall–Kier alpha value is 0.190. The van der Waals surface area contributed by atoms with Crippen LogP contribution in [0.1, 0.15) is 122 Å². The Balaban J connectivity index is 2.98. The molecule has 0 amide bonds. The normalized spacial score (nSPS) is 11.4. The predicted octanol–water partition coefficient (Wildman–Crippen LogP) is 6.40. The van der Waals surface area contributed by atoms with Crippen molar-refractivity contribution < 1.29 is 0 Å². The Morgan fingerprint density at radius 3 is 1.45 bits per heavy atom. The first-order valence-electron chi connectivity index (χ1n) is 13.9. The summed E-state index contributed by atoms with van der Waals surface area (Å²) in [5.41, 5.74) is 5.48. The largest absolute Gasteiger partial charge is 0.330 e. The first-order valence-corrected chi connectivity index (χ1v) is 14.9. The lowest BCUT2D eigenvalue weighted by atomic mass is 10.0. The van der Waals surface area contributed by atoms with Crippen molar-refractivity contribution in [3.05, 3.63) is 0 Å². The van der Waals surface area contributed by atoms with Gasteiger partial charge in [-0.3, -0.25) is 4.72 Å². The smallest absolute Gasteiger partial charge is 0.00786 e. The average Bonchev–Trinajstić information content (AvgIpc) is 2.78. The molecule has 0 spiro atoms. The molecule has 0 heterocycles.